The number of rotatable bonds is 4. The highest BCUT2D eigenvalue weighted by Gasteiger charge is 2.42. The molecule has 1 aromatic carbocycles. The normalized spacial score (nSPS) is 22.8. The van der Waals surface area contributed by atoms with E-state index in [-0.39, 0.29) is 11.9 Å². The molecule has 9 nitrogen and oxygen atoms in total. The molecule has 0 spiro atoms. The number of fused-ring (bicyclic) bond motifs is 1. The number of ether oxygens (including phenoxy) is 1. The number of hydrogen-bond donors (Lipinski definition) is 0. The summed E-state index contributed by atoms with van der Waals surface area (Å²) >= 11 is 6.45. The number of halogens is 1. The highest BCUT2D eigenvalue weighted by atomic mass is 35.5. The molecular formula is C24H31ClN6O3. The van der Waals surface area contributed by atoms with Gasteiger partial charge < -0.3 is 19.4 Å². The maximum absolute atomic E-state index is 13.0. The van der Waals surface area contributed by atoms with E-state index in [1.165, 1.54) is 22.1 Å². The van der Waals surface area contributed by atoms with Gasteiger partial charge in [-0.1, -0.05) is 11.6 Å². The Morgan fingerprint density at radius 2 is 1.82 bits per heavy atom. The highest BCUT2D eigenvalue weighted by Crippen LogP contribution is 2.33. The van der Waals surface area contributed by atoms with E-state index in [2.05, 4.69) is 27.0 Å². The molecule has 10 heteroatoms. The van der Waals surface area contributed by atoms with Crippen LogP contribution >= 0.6 is 11.6 Å². The van der Waals surface area contributed by atoms with Gasteiger partial charge in [0.25, 0.3) is 0 Å². The zero-order chi connectivity index (χ0) is 23.8. The average Bonchev–Trinajstić information content (AvgIpc) is 3.53. The van der Waals surface area contributed by atoms with E-state index in [1.807, 2.05) is 11.0 Å². The van der Waals surface area contributed by atoms with Gasteiger partial charge in [0, 0.05) is 70.5 Å². The standard InChI is InChI=1S/C24H31ClN6O3/c1-17(32)27(2)23-10-26-31(16-23)24(33)30-14-19-12-28(13-20(19)15-30)11-18-7-21(25)9-22(8-18)29-3-5-34-6-4-29/h7-10,16,19-20H,3-6,11-15H2,1-2H3. The third kappa shape index (κ3) is 4.78. The van der Waals surface area contributed by atoms with Gasteiger partial charge in [-0.2, -0.15) is 9.78 Å². The number of carbonyl (C=O) groups is 2. The predicted molar refractivity (Wildman–Crippen MR) is 130 cm³/mol. The van der Waals surface area contributed by atoms with E-state index in [9.17, 15) is 9.59 Å². The Kier molecular flexibility index (Phi) is 6.50. The van der Waals surface area contributed by atoms with Crippen LogP contribution in [0.5, 0.6) is 0 Å². The number of amides is 2. The van der Waals surface area contributed by atoms with Crippen molar-refractivity contribution in [2.75, 3.05) is 69.3 Å². The van der Waals surface area contributed by atoms with Gasteiger partial charge in [0.2, 0.25) is 5.91 Å². The first-order valence-corrected chi connectivity index (χ1v) is 12.2. The van der Waals surface area contributed by atoms with Crippen molar-refractivity contribution in [3.63, 3.8) is 0 Å². The Morgan fingerprint density at radius 1 is 1.12 bits per heavy atom. The van der Waals surface area contributed by atoms with Gasteiger partial charge >= 0.3 is 6.03 Å². The summed E-state index contributed by atoms with van der Waals surface area (Å²) in [5, 5.41) is 4.95. The summed E-state index contributed by atoms with van der Waals surface area (Å²) in [5.41, 5.74) is 3.00. The first kappa shape index (κ1) is 23.1. The van der Waals surface area contributed by atoms with E-state index in [0.29, 0.717) is 17.5 Å². The van der Waals surface area contributed by atoms with Crippen LogP contribution in [0.3, 0.4) is 0 Å². The molecule has 34 heavy (non-hydrogen) atoms. The van der Waals surface area contributed by atoms with E-state index in [1.54, 1.807) is 19.4 Å². The average molecular weight is 487 g/mol. The number of carbonyl (C=O) groups excluding carboxylic acids is 2. The van der Waals surface area contributed by atoms with Crippen LogP contribution in [0.15, 0.2) is 30.6 Å². The van der Waals surface area contributed by atoms with Crippen LogP contribution in [0.1, 0.15) is 12.5 Å². The second kappa shape index (κ2) is 9.56. The van der Waals surface area contributed by atoms with Crippen LogP contribution in [0.2, 0.25) is 5.02 Å². The third-order valence-electron chi connectivity index (χ3n) is 7.18. The summed E-state index contributed by atoms with van der Waals surface area (Å²) in [5.74, 6) is 0.813. The SMILES string of the molecule is CC(=O)N(C)c1cnn(C(=O)N2CC3CN(Cc4cc(Cl)cc(N5CCOCC5)c4)CC3C2)c1. The van der Waals surface area contributed by atoms with E-state index in [0.717, 1.165) is 69.7 Å². The monoisotopic (exact) mass is 486 g/mol. The second-order valence-corrected chi connectivity index (χ2v) is 9.98. The number of likely N-dealkylation sites (tertiary alicyclic amines) is 2. The Morgan fingerprint density at radius 3 is 2.50 bits per heavy atom. The van der Waals surface area contributed by atoms with Crippen molar-refractivity contribution in [3.8, 4) is 0 Å². The topological polar surface area (TPSA) is 74.2 Å². The van der Waals surface area contributed by atoms with Crippen LogP contribution in [-0.2, 0) is 16.1 Å². The van der Waals surface area contributed by atoms with Gasteiger partial charge in [0.15, 0.2) is 0 Å². The van der Waals surface area contributed by atoms with Crippen molar-refractivity contribution in [1.29, 1.82) is 0 Å². The Bertz CT molecular complexity index is 1050. The van der Waals surface area contributed by atoms with Crippen molar-refractivity contribution in [3.05, 3.63) is 41.2 Å². The molecule has 2 aromatic rings. The smallest absolute Gasteiger partial charge is 0.344 e. The Hall–Kier alpha value is -2.62. The lowest BCUT2D eigenvalue weighted by Gasteiger charge is -2.29. The molecule has 3 aliphatic rings. The Labute approximate surface area is 204 Å². The van der Waals surface area contributed by atoms with Gasteiger partial charge in [-0.3, -0.25) is 9.69 Å². The molecule has 4 heterocycles. The number of hydrogen-bond acceptors (Lipinski definition) is 6. The molecule has 0 saturated carbocycles. The van der Waals surface area contributed by atoms with Gasteiger partial charge in [-0.25, -0.2) is 4.79 Å². The molecule has 3 aliphatic heterocycles. The van der Waals surface area contributed by atoms with Crippen molar-refractivity contribution < 1.29 is 14.3 Å². The summed E-state index contributed by atoms with van der Waals surface area (Å²) < 4.78 is 6.81. The first-order chi connectivity index (χ1) is 16.4. The molecule has 2 unspecified atom stereocenters. The minimum Gasteiger partial charge on any atom is -0.378 e. The minimum atomic E-state index is -0.130. The third-order valence-corrected chi connectivity index (χ3v) is 7.40. The summed E-state index contributed by atoms with van der Waals surface area (Å²) in [7, 11) is 1.67. The van der Waals surface area contributed by atoms with Crippen molar-refractivity contribution in [1.82, 2.24) is 19.6 Å². The van der Waals surface area contributed by atoms with Crippen LogP contribution in [0.25, 0.3) is 0 Å². The maximum atomic E-state index is 13.0. The molecule has 5 rings (SSSR count). The number of aromatic nitrogens is 2. The van der Waals surface area contributed by atoms with Crippen molar-refractivity contribution in [2.24, 2.45) is 11.8 Å². The summed E-state index contributed by atoms with van der Waals surface area (Å²) in [6.07, 6.45) is 3.17. The molecule has 0 radical (unpaired) electrons. The molecular weight excluding hydrogens is 456 g/mol. The summed E-state index contributed by atoms with van der Waals surface area (Å²) in [6, 6.07) is 6.21. The molecule has 0 aliphatic carbocycles. The molecule has 0 bridgehead atoms. The molecule has 182 valence electrons. The summed E-state index contributed by atoms with van der Waals surface area (Å²) in [4.78, 5) is 32.7. The largest absolute Gasteiger partial charge is 0.378 e. The van der Waals surface area contributed by atoms with E-state index >= 15 is 0 Å². The fourth-order valence-electron chi connectivity index (χ4n) is 5.28. The van der Waals surface area contributed by atoms with Gasteiger partial charge in [0.05, 0.1) is 31.3 Å². The number of morpholine rings is 1. The lowest BCUT2D eigenvalue weighted by atomic mass is 10.0. The zero-order valence-electron chi connectivity index (χ0n) is 19.7. The van der Waals surface area contributed by atoms with Gasteiger partial charge in [-0.05, 0) is 35.6 Å². The van der Waals surface area contributed by atoms with Crippen LogP contribution in [0, 0.1) is 11.8 Å². The molecule has 1 aromatic heterocycles. The molecule has 3 saturated heterocycles. The first-order valence-electron chi connectivity index (χ1n) is 11.8. The quantitative estimate of drug-likeness (QED) is 0.660. The predicted octanol–water partition coefficient (Wildman–Crippen LogP) is 2.39. The number of anilines is 2. The highest BCUT2D eigenvalue weighted by molar-refractivity contribution is 6.30. The second-order valence-electron chi connectivity index (χ2n) is 9.54. The van der Waals surface area contributed by atoms with Crippen LogP contribution in [-0.4, -0.2) is 91.0 Å². The van der Waals surface area contributed by atoms with Crippen LogP contribution < -0.4 is 9.80 Å². The Balaban J connectivity index is 1.18. The van der Waals surface area contributed by atoms with Gasteiger partial charge in [-0.15, -0.1) is 0 Å². The molecule has 2 atom stereocenters. The van der Waals surface area contributed by atoms with E-state index in [4.69, 9.17) is 16.3 Å². The van der Waals surface area contributed by atoms with Crippen molar-refractivity contribution >= 4 is 34.9 Å². The number of benzene rings is 1. The molecule has 0 N–H and O–H groups in total. The number of nitrogens with zero attached hydrogens (tertiary/aromatic N) is 6. The lowest BCUT2D eigenvalue weighted by molar-refractivity contribution is -0.116. The summed E-state index contributed by atoms with van der Waals surface area (Å²) in [6.45, 7) is 9.01. The fourth-order valence-corrected chi connectivity index (χ4v) is 5.53. The minimum absolute atomic E-state index is 0.0976. The lowest BCUT2D eigenvalue weighted by Crippen LogP contribution is -2.36. The maximum Gasteiger partial charge on any atom is 0.344 e. The molecule has 3 fully saturated rings. The van der Waals surface area contributed by atoms with Crippen molar-refractivity contribution in [2.45, 2.75) is 13.5 Å². The molecule has 2 amide bonds. The van der Waals surface area contributed by atoms with Crippen LogP contribution in [0.4, 0.5) is 16.2 Å². The zero-order valence-corrected chi connectivity index (χ0v) is 20.4. The fraction of sp³-hybridized carbons (Fsp3) is 0.542. The van der Waals surface area contributed by atoms with E-state index < -0.39 is 0 Å². The van der Waals surface area contributed by atoms with Gasteiger partial charge in [0.1, 0.15) is 0 Å².